The molecule has 33 heavy (non-hydrogen) atoms. The Bertz CT molecular complexity index is 590. The van der Waals surface area contributed by atoms with E-state index in [1.807, 2.05) is 0 Å². The lowest BCUT2D eigenvalue weighted by molar-refractivity contribution is -0.143. The van der Waals surface area contributed by atoms with Crippen LogP contribution in [0.5, 0.6) is 0 Å². The molecule has 9 nitrogen and oxygen atoms in total. The molecule has 0 saturated carbocycles. The van der Waals surface area contributed by atoms with E-state index in [9.17, 15) is 9.59 Å². The molecule has 2 rings (SSSR count). The minimum atomic E-state index is -2.26. The first kappa shape index (κ1) is 28.5. The highest BCUT2D eigenvalue weighted by Gasteiger charge is 2.39. The summed E-state index contributed by atoms with van der Waals surface area (Å²) in [6, 6.07) is 1.98. The van der Waals surface area contributed by atoms with Gasteiger partial charge >= 0.3 is 20.7 Å². The Labute approximate surface area is 201 Å². The molecule has 0 spiro atoms. The van der Waals surface area contributed by atoms with Gasteiger partial charge in [0.2, 0.25) is 0 Å². The Balaban J connectivity index is 1.59. The molecule has 2 fully saturated rings. The van der Waals surface area contributed by atoms with Crippen LogP contribution in [0, 0.1) is 0 Å². The zero-order chi connectivity index (χ0) is 24.5. The molecular weight excluding hydrogens is 480 g/mol. The fourth-order valence-electron chi connectivity index (χ4n) is 4.23. The maximum absolute atomic E-state index is 11.1. The molecule has 0 aromatic rings. The fourth-order valence-corrected chi connectivity index (χ4v) is 18.2. The van der Waals surface area contributed by atoms with Gasteiger partial charge in [0, 0.05) is 19.6 Å². The second-order valence-corrected chi connectivity index (χ2v) is 22.9. The minimum absolute atomic E-state index is 0.0782. The molecule has 0 aromatic carbocycles. The maximum Gasteiger partial charge on any atom is 0.508 e. The number of carbonyl (C=O) groups is 2. The fraction of sp³-hybridized carbons (Fsp3) is 0.905. The third-order valence-corrected chi connectivity index (χ3v) is 16.9. The third-order valence-electron chi connectivity index (χ3n) is 5.41. The van der Waals surface area contributed by atoms with E-state index in [4.69, 9.17) is 31.9 Å². The first-order valence-electron chi connectivity index (χ1n) is 11.9. The lowest BCUT2D eigenvalue weighted by atomic mass is 10.2. The molecule has 2 unspecified atom stereocenters. The highest BCUT2D eigenvalue weighted by molar-refractivity contribution is 6.87. The van der Waals surface area contributed by atoms with E-state index in [0.29, 0.717) is 32.8 Å². The van der Waals surface area contributed by atoms with Gasteiger partial charge in [-0.15, -0.1) is 0 Å². The van der Waals surface area contributed by atoms with Gasteiger partial charge in [-0.05, 0) is 70.6 Å². The molecule has 2 saturated heterocycles. The molecule has 2 aliphatic heterocycles. The minimum Gasteiger partial charge on any atom is -0.460 e. The van der Waals surface area contributed by atoms with E-state index in [2.05, 4.69) is 39.3 Å². The van der Waals surface area contributed by atoms with Crippen molar-refractivity contribution >= 4 is 37.3 Å². The van der Waals surface area contributed by atoms with Crippen molar-refractivity contribution in [3.8, 4) is 0 Å². The molecular formula is C21H42O9Si3. The zero-order valence-corrected chi connectivity index (χ0v) is 24.1. The number of hydrogen-bond acceptors (Lipinski definition) is 9. The normalized spacial score (nSPS) is 21.8. The second kappa shape index (κ2) is 12.8. The smallest absolute Gasteiger partial charge is 0.460 e. The van der Waals surface area contributed by atoms with Gasteiger partial charge in [-0.25, -0.2) is 4.79 Å². The van der Waals surface area contributed by atoms with E-state index in [1.165, 1.54) is 0 Å². The average Bonchev–Trinajstić information content (AvgIpc) is 3.27. The first-order chi connectivity index (χ1) is 15.4. The van der Waals surface area contributed by atoms with Crippen molar-refractivity contribution in [1.29, 1.82) is 0 Å². The van der Waals surface area contributed by atoms with Crippen LogP contribution in [0.15, 0.2) is 0 Å². The highest BCUT2D eigenvalue weighted by Crippen LogP contribution is 2.26. The summed E-state index contributed by atoms with van der Waals surface area (Å²) in [6.07, 6.45) is 2.11. The van der Waals surface area contributed by atoms with Crippen molar-refractivity contribution in [1.82, 2.24) is 0 Å². The quantitative estimate of drug-likeness (QED) is 0.168. The Hall–Kier alpha value is -0.769. The van der Waals surface area contributed by atoms with Gasteiger partial charge in [-0.2, -0.15) is 0 Å². The van der Waals surface area contributed by atoms with Crippen molar-refractivity contribution in [3.63, 3.8) is 0 Å². The molecule has 0 amide bonds. The molecule has 0 radical (unpaired) electrons. The van der Waals surface area contributed by atoms with E-state index in [1.54, 1.807) is 0 Å². The van der Waals surface area contributed by atoms with Crippen molar-refractivity contribution in [2.24, 2.45) is 0 Å². The summed E-state index contributed by atoms with van der Waals surface area (Å²) in [5.74, 6) is -0.122. The number of esters is 1. The van der Waals surface area contributed by atoms with Crippen LogP contribution in [-0.4, -0.2) is 82.6 Å². The van der Waals surface area contributed by atoms with Crippen LogP contribution in [0.4, 0.5) is 4.79 Å². The second-order valence-electron chi connectivity index (χ2n) is 10.4. The molecule has 2 aliphatic rings. The number of ether oxygens (including phenoxy) is 5. The zero-order valence-electron chi connectivity index (χ0n) is 21.1. The predicted molar refractivity (Wildman–Crippen MR) is 130 cm³/mol. The number of hydrogen-bond donors (Lipinski definition) is 0. The Morgan fingerprint density at radius 2 is 1.36 bits per heavy atom. The van der Waals surface area contributed by atoms with Crippen molar-refractivity contribution < 1.29 is 41.5 Å². The van der Waals surface area contributed by atoms with Crippen LogP contribution < -0.4 is 0 Å². The van der Waals surface area contributed by atoms with Gasteiger partial charge in [0.1, 0.15) is 12.7 Å². The Morgan fingerprint density at radius 3 is 1.82 bits per heavy atom. The molecule has 2 heterocycles. The summed E-state index contributed by atoms with van der Waals surface area (Å²) in [6.45, 7) is 15.6. The monoisotopic (exact) mass is 522 g/mol. The number of carbonyl (C=O) groups excluding carboxylic acids is 2. The van der Waals surface area contributed by atoms with E-state index >= 15 is 0 Å². The summed E-state index contributed by atoms with van der Waals surface area (Å²) in [5.41, 5.74) is 0. The molecule has 12 heteroatoms. The SMILES string of the molecule is C[Si](C)(CCCOCC1CCC(=O)O1)O[Si](C)(C)O[Si](C)(C)CCCOCC1COC(=O)O1. The molecule has 0 aromatic heterocycles. The van der Waals surface area contributed by atoms with E-state index in [-0.39, 0.29) is 24.8 Å². The largest absolute Gasteiger partial charge is 0.508 e. The lowest BCUT2D eigenvalue weighted by Crippen LogP contribution is -2.52. The average molecular weight is 523 g/mol. The van der Waals surface area contributed by atoms with Gasteiger partial charge in [-0.3, -0.25) is 4.79 Å². The summed E-state index contributed by atoms with van der Waals surface area (Å²) in [7, 11) is -6.03. The molecule has 0 aliphatic carbocycles. The number of cyclic esters (lactones) is 3. The van der Waals surface area contributed by atoms with Gasteiger partial charge < -0.3 is 31.9 Å². The van der Waals surface area contributed by atoms with Crippen molar-refractivity contribution in [2.75, 3.05) is 33.0 Å². The summed E-state index contributed by atoms with van der Waals surface area (Å²) in [5, 5.41) is 0. The summed E-state index contributed by atoms with van der Waals surface area (Å²) in [4.78, 5) is 22.0. The van der Waals surface area contributed by atoms with Gasteiger partial charge in [-0.1, -0.05) is 0 Å². The summed E-state index contributed by atoms with van der Waals surface area (Å²) < 4.78 is 39.5. The van der Waals surface area contributed by atoms with Crippen LogP contribution in [0.3, 0.4) is 0 Å². The van der Waals surface area contributed by atoms with Gasteiger partial charge in [0.25, 0.3) is 0 Å². The number of rotatable bonds is 16. The van der Waals surface area contributed by atoms with Crippen LogP contribution in [-0.2, 0) is 36.7 Å². The van der Waals surface area contributed by atoms with Crippen LogP contribution >= 0.6 is 0 Å². The van der Waals surface area contributed by atoms with E-state index in [0.717, 1.165) is 31.4 Å². The van der Waals surface area contributed by atoms with Crippen LogP contribution in [0.1, 0.15) is 25.7 Å². The van der Waals surface area contributed by atoms with Crippen molar-refractivity contribution in [3.05, 3.63) is 0 Å². The molecule has 0 bridgehead atoms. The topological polar surface area (TPSA) is 98.8 Å². The Morgan fingerprint density at radius 1 is 0.818 bits per heavy atom. The predicted octanol–water partition coefficient (Wildman–Crippen LogP) is 4.19. The highest BCUT2D eigenvalue weighted by atomic mass is 28.5. The van der Waals surface area contributed by atoms with E-state index < -0.39 is 31.4 Å². The lowest BCUT2D eigenvalue weighted by Gasteiger charge is -2.38. The standard InChI is InChI=1S/C21H42O9Si3/c1-31(2,13-7-11-24-15-18-9-10-20(22)27-18)29-33(5,6)30-32(3,4)14-8-12-25-16-19-17-26-21(23)28-19/h18-19H,7-17H2,1-6H3. The molecule has 0 N–H and O–H groups in total. The maximum atomic E-state index is 11.1. The van der Waals surface area contributed by atoms with Gasteiger partial charge in [0.15, 0.2) is 22.7 Å². The van der Waals surface area contributed by atoms with Crippen molar-refractivity contribution in [2.45, 2.75) is 89.3 Å². The first-order valence-corrected chi connectivity index (χ1v) is 21.0. The van der Waals surface area contributed by atoms with Gasteiger partial charge in [0.05, 0.1) is 13.2 Å². The summed E-state index contributed by atoms with van der Waals surface area (Å²) >= 11 is 0. The van der Waals surface area contributed by atoms with Crippen LogP contribution in [0.2, 0.25) is 51.4 Å². The Kier molecular flexibility index (Phi) is 11.0. The third kappa shape index (κ3) is 12.0. The van der Waals surface area contributed by atoms with Crippen LogP contribution in [0.25, 0.3) is 0 Å². The molecule has 192 valence electrons. The molecule has 2 atom stereocenters.